The van der Waals surface area contributed by atoms with Crippen LogP contribution in [-0.2, 0) is 4.79 Å². The van der Waals surface area contributed by atoms with E-state index >= 15 is 0 Å². The number of benzene rings is 1. The zero-order chi connectivity index (χ0) is 17.6. The number of rotatable bonds is 1. The van der Waals surface area contributed by atoms with Crippen LogP contribution in [0.4, 0.5) is 16.2 Å². The molecule has 1 unspecified atom stereocenters. The van der Waals surface area contributed by atoms with E-state index in [1.165, 1.54) is 25.7 Å². The number of carbonyl (C=O) groups excluding carboxylic acids is 2. The number of quaternary nitrogens is 1. The van der Waals surface area contributed by atoms with Gasteiger partial charge >= 0.3 is 11.9 Å². The van der Waals surface area contributed by atoms with Gasteiger partial charge in [-0.3, -0.25) is 4.99 Å². The largest absolute Gasteiger partial charge is 0.426 e. The molecule has 132 valence electrons. The van der Waals surface area contributed by atoms with E-state index in [0.717, 1.165) is 36.2 Å². The Labute approximate surface area is 147 Å². The lowest BCUT2D eigenvalue weighted by Gasteiger charge is -2.29. The van der Waals surface area contributed by atoms with Gasteiger partial charge in [-0.1, -0.05) is 0 Å². The lowest BCUT2D eigenvalue weighted by molar-refractivity contribution is -0.125. The Kier molecular flexibility index (Phi) is 3.87. The van der Waals surface area contributed by atoms with E-state index in [1.807, 2.05) is 12.1 Å². The molecular weight excluding hydrogens is 316 g/mol. The molecule has 3 heterocycles. The third-order valence-electron chi connectivity index (χ3n) is 6.18. The van der Waals surface area contributed by atoms with Crippen molar-refractivity contribution in [3.63, 3.8) is 0 Å². The number of primary amides is 1. The van der Waals surface area contributed by atoms with Crippen LogP contribution >= 0.6 is 0 Å². The van der Waals surface area contributed by atoms with Crippen molar-refractivity contribution in [1.82, 2.24) is 4.48 Å². The maximum absolute atomic E-state index is 12.5. The molecule has 1 aromatic carbocycles. The van der Waals surface area contributed by atoms with Crippen molar-refractivity contribution < 1.29 is 9.59 Å². The van der Waals surface area contributed by atoms with E-state index in [-0.39, 0.29) is 12.5 Å². The van der Waals surface area contributed by atoms with Crippen LogP contribution in [0.5, 0.6) is 0 Å². The van der Waals surface area contributed by atoms with Gasteiger partial charge in [0.25, 0.3) is 0 Å². The second kappa shape index (κ2) is 5.95. The monoisotopic (exact) mass is 341 g/mol. The first kappa shape index (κ1) is 16.3. The van der Waals surface area contributed by atoms with Crippen LogP contribution in [0.25, 0.3) is 0 Å². The normalized spacial score (nSPS) is 31.4. The maximum Gasteiger partial charge on any atom is 0.426 e. The molecule has 3 aliphatic heterocycles. The molecule has 6 nitrogen and oxygen atoms in total. The maximum atomic E-state index is 12.5. The molecule has 1 atom stereocenters. The number of carbonyl (C=O) groups is 2. The number of benzodiazepines with no additional fused rings is 1. The molecule has 25 heavy (non-hydrogen) atoms. The Bertz CT molecular complexity index is 738. The molecule has 0 radical (unpaired) electrons. The van der Waals surface area contributed by atoms with Crippen LogP contribution in [0.3, 0.4) is 0 Å². The molecular formula is C19H25N4O2+. The Morgan fingerprint density at radius 3 is 2.44 bits per heavy atom. The minimum Gasteiger partial charge on any atom is -0.371 e. The molecule has 4 aliphatic rings. The zero-order valence-corrected chi connectivity index (χ0v) is 14.6. The molecule has 2 N–H and O–H groups in total. The van der Waals surface area contributed by atoms with Crippen LogP contribution in [-0.4, -0.2) is 44.8 Å². The van der Waals surface area contributed by atoms with Crippen molar-refractivity contribution in [3.05, 3.63) is 23.8 Å². The Morgan fingerprint density at radius 2 is 1.84 bits per heavy atom. The fourth-order valence-electron chi connectivity index (χ4n) is 4.47. The molecule has 1 aliphatic carbocycles. The standard InChI is InChI=1S/C19H24N4O2/c1-23(19(20)25)17-8-16(7-6-15(17)9-21-10-18(23)24)22-11-13-2-3-14(12-22)5-4-13/h6-9,13-14H,2-5,10-12H2,1H3,(H-,20,25)/p+1. The average Bonchev–Trinajstić information content (AvgIpc) is 2.99. The van der Waals surface area contributed by atoms with Crippen LogP contribution < -0.4 is 15.1 Å². The third-order valence-corrected chi connectivity index (χ3v) is 6.18. The second-order valence-corrected chi connectivity index (χ2v) is 7.74. The van der Waals surface area contributed by atoms with E-state index in [9.17, 15) is 9.59 Å². The van der Waals surface area contributed by atoms with Gasteiger partial charge in [0.15, 0.2) is 12.2 Å². The number of fused-ring (bicyclic) bond motifs is 5. The molecule has 1 aromatic rings. The number of urea groups is 1. The number of nitrogens with zero attached hydrogens (tertiary/aromatic N) is 3. The smallest absolute Gasteiger partial charge is 0.371 e. The van der Waals surface area contributed by atoms with Gasteiger partial charge in [-0.05, 0) is 49.7 Å². The highest BCUT2D eigenvalue weighted by molar-refractivity contribution is 6.12. The van der Waals surface area contributed by atoms with Gasteiger partial charge in [-0.15, -0.1) is 4.48 Å². The van der Waals surface area contributed by atoms with Crippen molar-refractivity contribution in [1.29, 1.82) is 0 Å². The molecule has 0 aromatic heterocycles. The number of hydrogen-bond acceptors (Lipinski definition) is 4. The summed E-state index contributed by atoms with van der Waals surface area (Å²) >= 11 is 0. The molecule has 1 saturated carbocycles. The highest BCUT2D eigenvalue weighted by Crippen LogP contribution is 2.38. The summed E-state index contributed by atoms with van der Waals surface area (Å²) in [5.41, 5.74) is 8.12. The van der Waals surface area contributed by atoms with Crippen LogP contribution in [0.1, 0.15) is 31.2 Å². The van der Waals surface area contributed by atoms with E-state index in [4.69, 9.17) is 5.73 Å². The fraction of sp³-hybridized carbons (Fsp3) is 0.526. The van der Waals surface area contributed by atoms with Crippen LogP contribution in [0.15, 0.2) is 23.2 Å². The Balaban J connectivity index is 1.77. The summed E-state index contributed by atoms with van der Waals surface area (Å²) in [6, 6.07) is 5.35. The molecule has 3 fully saturated rings. The number of imide groups is 1. The highest BCUT2D eigenvalue weighted by Gasteiger charge is 2.44. The van der Waals surface area contributed by atoms with Gasteiger partial charge in [0.2, 0.25) is 0 Å². The Hall–Kier alpha value is -2.21. The van der Waals surface area contributed by atoms with E-state index in [0.29, 0.717) is 5.69 Å². The summed E-state index contributed by atoms with van der Waals surface area (Å²) in [7, 11) is 1.58. The van der Waals surface area contributed by atoms with Gasteiger partial charge in [0.05, 0.1) is 12.6 Å². The minimum absolute atomic E-state index is 0.0304. The van der Waals surface area contributed by atoms with Crippen molar-refractivity contribution in [2.75, 3.05) is 31.6 Å². The summed E-state index contributed by atoms with van der Waals surface area (Å²) in [6.45, 7) is 2.08. The van der Waals surface area contributed by atoms with Crippen LogP contribution in [0, 0.1) is 11.8 Å². The summed E-state index contributed by atoms with van der Waals surface area (Å²) in [5, 5.41) is 0. The van der Waals surface area contributed by atoms with Crippen molar-refractivity contribution >= 4 is 29.5 Å². The average molecular weight is 341 g/mol. The SMILES string of the molecule is C[N+]1(C(N)=O)C(=O)CN=Cc2ccc(N3CC4CCC(CC4)C3)cc21. The number of amides is 3. The first-order valence-corrected chi connectivity index (χ1v) is 9.08. The first-order chi connectivity index (χ1) is 12.0. The van der Waals surface area contributed by atoms with Crippen molar-refractivity contribution in [2.24, 2.45) is 22.6 Å². The highest BCUT2D eigenvalue weighted by atomic mass is 16.2. The summed E-state index contributed by atoms with van der Waals surface area (Å²) in [5.74, 6) is 1.20. The molecule has 2 bridgehead atoms. The lowest BCUT2D eigenvalue weighted by atomic mass is 9.84. The number of hydrogen-bond donors (Lipinski definition) is 1. The Morgan fingerprint density at radius 1 is 1.20 bits per heavy atom. The fourth-order valence-corrected chi connectivity index (χ4v) is 4.47. The number of aliphatic imine (C=N–C) groups is 1. The number of nitrogens with two attached hydrogens (primary N) is 1. The zero-order valence-electron chi connectivity index (χ0n) is 14.6. The number of anilines is 1. The first-order valence-electron chi connectivity index (χ1n) is 9.08. The third kappa shape index (κ3) is 2.65. The molecule has 6 heteroatoms. The molecule has 2 saturated heterocycles. The topological polar surface area (TPSA) is 75.8 Å². The molecule has 5 rings (SSSR count). The van der Waals surface area contributed by atoms with Gasteiger partial charge in [0.1, 0.15) is 0 Å². The molecule has 3 amide bonds. The summed E-state index contributed by atoms with van der Waals surface area (Å²) in [4.78, 5) is 31.3. The lowest BCUT2D eigenvalue weighted by Crippen LogP contribution is -2.59. The predicted molar refractivity (Wildman–Crippen MR) is 98.9 cm³/mol. The van der Waals surface area contributed by atoms with Crippen LogP contribution in [0.2, 0.25) is 0 Å². The van der Waals surface area contributed by atoms with E-state index in [1.54, 1.807) is 13.3 Å². The predicted octanol–water partition coefficient (Wildman–Crippen LogP) is 2.29. The summed E-state index contributed by atoms with van der Waals surface area (Å²) in [6.07, 6.45) is 6.92. The summed E-state index contributed by atoms with van der Waals surface area (Å²) < 4.78 is -0.524. The van der Waals surface area contributed by atoms with E-state index in [2.05, 4.69) is 16.0 Å². The molecule has 0 spiro atoms. The van der Waals surface area contributed by atoms with Gasteiger partial charge in [-0.2, -0.15) is 0 Å². The van der Waals surface area contributed by atoms with Gasteiger partial charge in [-0.25, -0.2) is 9.59 Å². The minimum atomic E-state index is -0.662. The van der Waals surface area contributed by atoms with Gasteiger partial charge in [0, 0.05) is 31.1 Å². The number of likely N-dealkylation sites (N-methyl/N-ethyl adjacent to an activating group) is 1. The van der Waals surface area contributed by atoms with Crippen molar-refractivity contribution in [3.8, 4) is 0 Å². The van der Waals surface area contributed by atoms with Crippen molar-refractivity contribution in [2.45, 2.75) is 25.7 Å². The van der Waals surface area contributed by atoms with Gasteiger partial charge < -0.3 is 10.6 Å². The second-order valence-electron chi connectivity index (χ2n) is 7.74. The quantitative estimate of drug-likeness (QED) is 0.796. The van der Waals surface area contributed by atoms with E-state index < -0.39 is 10.5 Å².